The van der Waals surface area contributed by atoms with Crippen LogP contribution in [0.25, 0.3) is 11.2 Å². The van der Waals surface area contributed by atoms with Crippen molar-refractivity contribution in [3.05, 3.63) is 35.4 Å². The maximum Gasteiger partial charge on any atom is 2.00 e. The van der Waals surface area contributed by atoms with E-state index >= 15 is 0 Å². The average molecular weight is 707 g/mol. The maximum atomic E-state index is 13.7. The van der Waals surface area contributed by atoms with Crippen molar-refractivity contribution in [2.45, 2.75) is 67.7 Å². The topological polar surface area (TPSA) is 138 Å². The van der Waals surface area contributed by atoms with E-state index in [1.54, 1.807) is 6.07 Å². The van der Waals surface area contributed by atoms with Gasteiger partial charge < -0.3 is 59.3 Å². The first kappa shape index (κ1) is 34.5. The van der Waals surface area contributed by atoms with Gasteiger partial charge in [-0.05, 0) is 30.5 Å². The maximum absolute atomic E-state index is 13.7. The van der Waals surface area contributed by atoms with Crippen molar-refractivity contribution < 1.29 is 62.8 Å². The van der Waals surface area contributed by atoms with E-state index < -0.39 is 36.0 Å². The first-order valence-corrected chi connectivity index (χ1v) is 13.0. The van der Waals surface area contributed by atoms with Crippen LogP contribution < -0.4 is 39.3 Å². The Kier molecular flexibility index (Phi) is 13.2. The van der Waals surface area contributed by atoms with E-state index in [2.05, 4.69) is 32.5 Å². The van der Waals surface area contributed by atoms with Gasteiger partial charge in [0, 0.05) is 24.1 Å². The molecule has 0 amide bonds. The molecule has 2 fully saturated rings. The number of benzene rings is 1. The molecular weight excluding hydrogens is 678 g/mol. The summed E-state index contributed by atoms with van der Waals surface area (Å²) in [5.74, 6) is -0.472. The summed E-state index contributed by atoms with van der Waals surface area (Å²) in [4.78, 5) is 9.27. The summed E-state index contributed by atoms with van der Waals surface area (Å²) in [5.41, 5.74) is 1.53. The van der Waals surface area contributed by atoms with Crippen molar-refractivity contribution in [1.82, 2.24) is 25.0 Å². The minimum Gasteiger partial charge on any atom is -1.00 e. The van der Waals surface area contributed by atoms with Crippen molar-refractivity contribution in [2.24, 2.45) is 0 Å². The molecule has 0 radical (unpaired) electrons. The fourth-order valence-electron chi connectivity index (χ4n) is 4.61. The van der Waals surface area contributed by atoms with Crippen LogP contribution in [0.5, 0.6) is 0 Å². The van der Waals surface area contributed by atoms with Gasteiger partial charge in [-0.1, -0.05) is 30.0 Å². The summed E-state index contributed by atoms with van der Waals surface area (Å²) in [6, 6.07) is 3.26. The zero-order valence-corrected chi connectivity index (χ0v) is 26.5. The number of hydrogen-bond acceptors (Lipinski definition) is 10. The monoisotopic (exact) mass is 704 g/mol. The van der Waals surface area contributed by atoms with E-state index in [0.717, 1.165) is 24.7 Å². The van der Waals surface area contributed by atoms with Gasteiger partial charge in [-0.25, -0.2) is 23.4 Å². The second-order valence-electron chi connectivity index (χ2n) is 9.09. The molecule has 210 valence electrons. The van der Waals surface area contributed by atoms with E-state index in [1.165, 1.54) is 22.5 Å². The predicted octanol–water partition coefficient (Wildman–Crippen LogP) is -4.36. The van der Waals surface area contributed by atoms with Crippen molar-refractivity contribution in [3.63, 3.8) is 0 Å². The number of aromatic nitrogens is 5. The summed E-state index contributed by atoms with van der Waals surface area (Å²) >= 11 is 1.48. The molecule has 4 N–H and O–H groups in total. The van der Waals surface area contributed by atoms with E-state index in [1.807, 2.05) is 0 Å². The molecule has 2 aliphatic carbocycles. The molecule has 0 saturated heterocycles. The Balaban J connectivity index is 0.00000178. The van der Waals surface area contributed by atoms with Gasteiger partial charge in [-0.3, -0.25) is 0 Å². The minimum atomic E-state index is -1.15. The number of anilines is 1. The van der Waals surface area contributed by atoms with Crippen LogP contribution in [0.15, 0.2) is 23.4 Å². The molecule has 2 saturated carbocycles. The zero-order chi connectivity index (χ0) is 25.4. The number of nitrogens with zero attached hydrogens (tertiary/aromatic N) is 5. The first-order chi connectivity index (χ1) is 17.4. The van der Waals surface area contributed by atoms with Crippen molar-refractivity contribution in [2.75, 3.05) is 24.3 Å². The van der Waals surface area contributed by atoms with Crippen LogP contribution in [0.3, 0.4) is 0 Å². The summed E-state index contributed by atoms with van der Waals surface area (Å²) in [5, 5.41) is 42.5. The van der Waals surface area contributed by atoms with Crippen molar-refractivity contribution in [1.29, 1.82) is 0 Å². The number of ether oxygens (including phenoxy) is 1. The number of hydrogen-bond donors (Lipinski definition) is 4. The van der Waals surface area contributed by atoms with Gasteiger partial charge in [0.15, 0.2) is 33.8 Å². The Labute approximate surface area is 265 Å². The van der Waals surface area contributed by atoms with Gasteiger partial charge in [0.05, 0.1) is 25.4 Å². The molecule has 16 heteroatoms. The first-order valence-electron chi connectivity index (χ1n) is 12.0. The molecule has 10 nitrogen and oxygen atoms in total. The van der Waals surface area contributed by atoms with Crippen molar-refractivity contribution >= 4 is 51.8 Å². The molecule has 0 bridgehead atoms. The van der Waals surface area contributed by atoms with E-state index in [-0.39, 0.29) is 88.6 Å². The van der Waals surface area contributed by atoms with Crippen LogP contribution in [0.4, 0.5) is 14.6 Å². The second-order valence-corrected chi connectivity index (χ2v) is 10.2. The number of aliphatic hydroxyl groups excluding tert-OH is 3. The molecule has 2 heterocycles. The number of thioether (sulfide) groups is 1. The number of aliphatic hydroxyl groups is 3. The van der Waals surface area contributed by atoms with Gasteiger partial charge in [0.1, 0.15) is 12.2 Å². The number of halogens is 4. The summed E-state index contributed by atoms with van der Waals surface area (Å²) < 4.78 is 34.0. The van der Waals surface area contributed by atoms with E-state index in [9.17, 15) is 19.0 Å². The molecule has 2 aliphatic rings. The normalized spacial score (nSPS) is 25.5. The quantitative estimate of drug-likeness (QED) is 0.0931. The van der Waals surface area contributed by atoms with Gasteiger partial charge in [0.25, 0.3) is 0 Å². The molecule has 1 aromatic carbocycles. The van der Waals surface area contributed by atoms with Crippen LogP contribution >= 0.6 is 11.8 Å². The number of nitrogens with one attached hydrogen (secondary N) is 1. The predicted molar refractivity (Wildman–Crippen MR) is 134 cm³/mol. The average Bonchev–Trinajstić information content (AvgIpc) is 3.41. The molecule has 0 unspecified atom stereocenters. The molecular formula is C23H28Br2F2MgN6O4S. The smallest absolute Gasteiger partial charge is 1.00 e. The van der Waals surface area contributed by atoms with Crippen LogP contribution in [0.2, 0.25) is 0 Å². The molecule has 5 rings (SSSR count). The Hall–Kier alpha value is -0.724. The van der Waals surface area contributed by atoms with Crippen LogP contribution in [0, 0.1) is 11.6 Å². The fraction of sp³-hybridized carbons (Fsp3) is 0.565. The van der Waals surface area contributed by atoms with Crippen molar-refractivity contribution in [3.8, 4) is 0 Å². The van der Waals surface area contributed by atoms with Gasteiger partial charge >= 0.3 is 23.1 Å². The Bertz CT molecular complexity index is 1250. The second kappa shape index (κ2) is 15.0. The van der Waals surface area contributed by atoms with E-state index in [4.69, 9.17) is 9.84 Å². The SMILES string of the molecule is CCCSc1nc(N[C@@H]2C[C@H]2c2ccc(F)c(F)c2)c2nnn([C@@H]3C[C@H](OCCO)[C@@H](O)[C@H]3O)c2n1.[Br-].[Br-].[Mg+2]. The molecule has 0 aliphatic heterocycles. The fourth-order valence-corrected chi connectivity index (χ4v) is 5.31. The molecule has 0 spiro atoms. The Morgan fingerprint density at radius 3 is 2.59 bits per heavy atom. The Morgan fingerprint density at radius 2 is 1.90 bits per heavy atom. The minimum absolute atomic E-state index is 0. The molecule has 6 atom stereocenters. The van der Waals surface area contributed by atoms with E-state index in [0.29, 0.717) is 27.7 Å². The number of rotatable bonds is 10. The van der Waals surface area contributed by atoms with Gasteiger partial charge in [0.2, 0.25) is 0 Å². The summed E-state index contributed by atoms with van der Waals surface area (Å²) in [6.07, 6.45) is -1.04. The van der Waals surface area contributed by atoms with Crippen LogP contribution in [-0.2, 0) is 4.74 Å². The molecule has 2 aromatic heterocycles. The largest absolute Gasteiger partial charge is 2.00 e. The number of fused-ring (bicyclic) bond motifs is 1. The summed E-state index contributed by atoms with van der Waals surface area (Å²) in [7, 11) is 0. The molecule has 3 aromatic rings. The third kappa shape index (κ3) is 7.38. The standard InChI is InChI=1S/C23H28F2N6O4S.2BrH.Mg/c1-2-7-36-23-27-21(26-15-9-12(15)11-3-4-13(24)14(25)8-11)18-22(28-23)31(30-29-18)16-10-17(35-6-5-32)20(34)19(16)33;;;/h3-4,8,12,15-17,19-20,32-34H,2,5-7,9-10H2,1H3,(H,26,27,28);2*1H;/q;;;+2/p-2/t12-,15+,16+,17-,19-,20+;;;/m0.../s1. The third-order valence-electron chi connectivity index (χ3n) is 6.56. The zero-order valence-electron chi connectivity index (χ0n) is 21.1. The molecule has 39 heavy (non-hydrogen) atoms. The van der Waals surface area contributed by atoms with Gasteiger partial charge in [-0.15, -0.1) is 5.10 Å². The Morgan fingerprint density at radius 1 is 1.13 bits per heavy atom. The van der Waals surface area contributed by atoms with Gasteiger partial charge in [-0.2, -0.15) is 0 Å². The summed E-state index contributed by atoms with van der Waals surface area (Å²) in [6.45, 7) is 1.91. The third-order valence-corrected chi connectivity index (χ3v) is 7.61. The van der Waals surface area contributed by atoms with Crippen LogP contribution in [0.1, 0.15) is 43.7 Å². The van der Waals surface area contributed by atoms with Crippen LogP contribution in [-0.4, -0.2) is 107 Å².